The molecule has 1 aliphatic carbocycles. The van der Waals surface area contributed by atoms with E-state index < -0.39 is 20.7 Å². The summed E-state index contributed by atoms with van der Waals surface area (Å²) in [6.07, 6.45) is 0.797. The van der Waals surface area contributed by atoms with Gasteiger partial charge in [-0.3, -0.25) is 0 Å². The zero-order valence-corrected chi connectivity index (χ0v) is 11.8. The molecule has 1 saturated carbocycles. The second-order valence-corrected chi connectivity index (χ2v) is 8.21. The van der Waals surface area contributed by atoms with Crippen LogP contribution < -0.4 is 5.32 Å². The molecule has 0 unspecified atom stereocenters. The standard InChI is InChI=1S/C10H18ClNO4S/c1-10(2,3)16-9(13)12-8-4-7(5-8)6-17(11,14)15/h7-8H,4-6H2,1-3H3,(H,12,13)/t7-,8+. The molecule has 0 aromatic heterocycles. The van der Waals surface area contributed by atoms with Crippen molar-refractivity contribution in [3.63, 3.8) is 0 Å². The summed E-state index contributed by atoms with van der Waals surface area (Å²) in [5, 5.41) is 2.69. The third-order valence-corrected chi connectivity index (χ3v) is 3.64. The van der Waals surface area contributed by atoms with E-state index in [4.69, 9.17) is 15.4 Å². The number of hydrogen-bond donors (Lipinski definition) is 1. The molecule has 7 heteroatoms. The molecule has 0 saturated heterocycles. The molecule has 1 aliphatic rings. The summed E-state index contributed by atoms with van der Waals surface area (Å²) in [5.41, 5.74) is -0.521. The van der Waals surface area contributed by atoms with E-state index >= 15 is 0 Å². The fourth-order valence-corrected chi connectivity index (χ4v) is 3.12. The fourth-order valence-electron chi connectivity index (χ4n) is 1.75. The Morgan fingerprint density at radius 1 is 1.41 bits per heavy atom. The summed E-state index contributed by atoms with van der Waals surface area (Å²) < 4.78 is 26.7. The first-order valence-electron chi connectivity index (χ1n) is 5.47. The molecule has 0 spiro atoms. The van der Waals surface area contributed by atoms with E-state index in [0.29, 0.717) is 12.8 Å². The summed E-state index contributed by atoms with van der Waals surface area (Å²) in [4.78, 5) is 11.4. The first kappa shape index (κ1) is 14.6. The normalized spacial score (nSPS) is 24.9. The van der Waals surface area contributed by atoms with Crippen molar-refractivity contribution in [2.45, 2.75) is 45.3 Å². The lowest BCUT2D eigenvalue weighted by molar-refractivity contribution is 0.0459. The monoisotopic (exact) mass is 283 g/mol. The Balaban J connectivity index is 2.24. The molecule has 1 amide bonds. The van der Waals surface area contributed by atoms with E-state index in [1.54, 1.807) is 20.8 Å². The number of ether oxygens (including phenoxy) is 1. The molecule has 1 rings (SSSR count). The number of nitrogens with one attached hydrogen (secondary N) is 1. The van der Waals surface area contributed by atoms with E-state index in [-0.39, 0.29) is 17.7 Å². The Hall–Kier alpha value is -0.490. The number of halogens is 1. The summed E-state index contributed by atoms with van der Waals surface area (Å²) in [6, 6.07) is -0.00623. The van der Waals surface area contributed by atoms with Crippen LogP contribution in [0.3, 0.4) is 0 Å². The van der Waals surface area contributed by atoms with E-state index in [2.05, 4.69) is 5.32 Å². The number of carbonyl (C=O) groups is 1. The van der Waals surface area contributed by atoms with Crippen LogP contribution in [0.1, 0.15) is 33.6 Å². The first-order chi connectivity index (χ1) is 7.55. The highest BCUT2D eigenvalue weighted by Gasteiger charge is 2.34. The molecule has 5 nitrogen and oxygen atoms in total. The van der Waals surface area contributed by atoms with Crippen LogP contribution in [0.2, 0.25) is 0 Å². The minimum Gasteiger partial charge on any atom is -0.444 e. The maximum absolute atomic E-state index is 11.4. The molecule has 1 N–H and O–H groups in total. The molecule has 0 aromatic rings. The van der Waals surface area contributed by atoms with Crippen molar-refractivity contribution >= 4 is 25.8 Å². The second kappa shape index (κ2) is 5.02. The zero-order valence-electron chi connectivity index (χ0n) is 10.2. The van der Waals surface area contributed by atoms with Gasteiger partial charge in [-0.2, -0.15) is 0 Å². The number of rotatable bonds is 3. The maximum atomic E-state index is 11.4. The molecule has 17 heavy (non-hydrogen) atoms. The summed E-state index contributed by atoms with van der Waals surface area (Å²) in [7, 11) is 1.70. The SMILES string of the molecule is CC(C)(C)OC(=O)N[C@H]1C[C@@H](CS(=O)(=O)Cl)C1. The predicted molar refractivity (Wildman–Crippen MR) is 65.5 cm³/mol. The molecule has 0 heterocycles. The maximum Gasteiger partial charge on any atom is 0.407 e. The van der Waals surface area contributed by atoms with Crippen LogP contribution in [0, 0.1) is 5.92 Å². The van der Waals surface area contributed by atoms with Gasteiger partial charge in [0, 0.05) is 16.7 Å². The molecule has 100 valence electrons. The van der Waals surface area contributed by atoms with Crippen molar-refractivity contribution in [1.29, 1.82) is 0 Å². The second-order valence-electron chi connectivity index (χ2n) is 5.39. The highest BCUT2D eigenvalue weighted by molar-refractivity contribution is 8.13. The minimum absolute atomic E-state index is 0.00623. The number of alkyl carbamates (subject to hydrolysis) is 1. The number of carbonyl (C=O) groups excluding carboxylic acids is 1. The van der Waals surface area contributed by atoms with Crippen LogP contribution in [0.5, 0.6) is 0 Å². The summed E-state index contributed by atoms with van der Waals surface area (Å²) >= 11 is 0. The third-order valence-electron chi connectivity index (χ3n) is 2.39. The molecule has 0 atom stereocenters. The quantitative estimate of drug-likeness (QED) is 0.803. The molecular formula is C10H18ClNO4S. The van der Waals surface area contributed by atoms with Crippen LogP contribution >= 0.6 is 10.7 Å². The Kier molecular flexibility index (Phi) is 4.30. The smallest absolute Gasteiger partial charge is 0.407 e. The minimum atomic E-state index is -3.44. The van der Waals surface area contributed by atoms with Crippen molar-refractivity contribution in [2.24, 2.45) is 5.92 Å². The van der Waals surface area contributed by atoms with Gasteiger partial charge in [-0.25, -0.2) is 13.2 Å². The topological polar surface area (TPSA) is 72.5 Å². The van der Waals surface area contributed by atoms with E-state index in [1.165, 1.54) is 0 Å². The van der Waals surface area contributed by atoms with E-state index in [0.717, 1.165) is 0 Å². The van der Waals surface area contributed by atoms with Gasteiger partial charge >= 0.3 is 6.09 Å². The predicted octanol–water partition coefficient (Wildman–Crippen LogP) is 1.86. The summed E-state index contributed by atoms with van der Waals surface area (Å²) in [6.45, 7) is 5.36. The van der Waals surface area contributed by atoms with Gasteiger partial charge in [0.1, 0.15) is 5.60 Å². The Bertz CT molecular complexity index is 382. The first-order valence-corrected chi connectivity index (χ1v) is 7.95. The lowest BCUT2D eigenvalue weighted by Gasteiger charge is -2.35. The average Bonchev–Trinajstić information content (AvgIpc) is 1.93. The molecule has 0 bridgehead atoms. The van der Waals surface area contributed by atoms with Crippen LogP contribution in [0.4, 0.5) is 4.79 Å². The highest BCUT2D eigenvalue weighted by Crippen LogP contribution is 2.29. The average molecular weight is 284 g/mol. The van der Waals surface area contributed by atoms with E-state index in [1.807, 2.05) is 0 Å². The number of hydrogen-bond acceptors (Lipinski definition) is 4. The van der Waals surface area contributed by atoms with Crippen LogP contribution in [-0.4, -0.2) is 31.9 Å². The number of amides is 1. The lowest BCUT2D eigenvalue weighted by atomic mass is 9.82. The van der Waals surface area contributed by atoms with Gasteiger partial charge in [-0.05, 0) is 39.5 Å². The Morgan fingerprint density at radius 2 is 1.94 bits per heavy atom. The highest BCUT2D eigenvalue weighted by atomic mass is 35.7. The van der Waals surface area contributed by atoms with Crippen LogP contribution in [0.15, 0.2) is 0 Å². The lowest BCUT2D eigenvalue weighted by Crippen LogP contribution is -2.47. The van der Waals surface area contributed by atoms with Gasteiger partial charge < -0.3 is 10.1 Å². The van der Waals surface area contributed by atoms with Crippen molar-refractivity contribution < 1.29 is 17.9 Å². The van der Waals surface area contributed by atoms with E-state index in [9.17, 15) is 13.2 Å². The Morgan fingerprint density at radius 3 is 2.35 bits per heavy atom. The van der Waals surface area contributed by atoms with Crippen molar-refractivity contribution in [3.8, 4) is 0 Å². The summed E-state index contributed by atoms with van der Waals surface area (Å²) in [5.74, 6) is 0.0126. The van der Waals surface area contributed by atoms with Crippen LogP contribution in [-0.2, 0) is 13.8 Å². The van der Waals surface area contributed by atoms with Gasteiger partial charge in [-0.1, -0.05) is 0 Å². The molecular weight excluding hydrogens is 266 g/mol. The van der Waals surface area contributed by atoms with Crippen LogP contribution in [0.25, 0.3) is 0 Å². The van der Waals surface area contributed by atoms with Crippen molar-refractivity contribution in [2.75, 3.05) is 5.75 Å². The zero-order chi connectivity index (χ0) is 13.3. The van der Waals surface area contributed by atoms with Crippen molar-refractivity contribution in [3.05, 3.63) is 0 Å². The fraction of sp³-hybridized carbons (Fsp3) is 0.900. The van der Waals surface area contributed by atoms with Gasteiger partial charge in [0.05, 0.1) is 5.75 Å². The van der Waals surface area contributed by atoms with Gasteiger partial charge in [-0.15, -0.1) is 0 Å². The molecule has 1 fully saturated rings. The largest absolute Gasteiger partial charge is 0.444 e. The van der Waals surface area contributed by atoms with Gasteiger partial charge in [0.2, 0.25) is 9.05 Å². The Labute approximate surface area is 106 Å². The molecule has 0 aliphatic heterocycles. The third kappa shape index (κ3) is 6.12. The molecule has 0 radical (unpaired) electrons. The van der Waals surface area contributed by atoms with Crippen molar-refractivity contribution in [1.82, 2.24) is 5.32 Å². The molecule has 0 aromatic carbocycles. The van der Waals surface area contributed by atoms with Gasteiger partial charge in [0.15, 0.2) is 0 Å². The van der Waals surface area contributed by atoms with Gasteiger partial charge in [0.25, 0.3) is 0 Å².